The van der Waals surface area contributed by atoms with Gasteiger partial charge in [-0.2, -0.15) is 23.4 Å². The number of hydrogen-bond acceptors (Lipinski definition) is 5. The van der Waals surface area contributed by atoms with Crippen LogP contribution in [0.4, 0.5) is 22.0 Å². The molecular weight excluding hydrogens is 537 g/mol. The summed E-state index contributed by atoms with van der Waals surface area (Å²) in [4.78, 5) is 30.1. The Morgan fingerprint density at radius 1 is 1.12 bits per heavy atom. The maximum atomic E-state index is 14.0. The molecule has 0 spiro atoms. The zero-order valence-corrected chi connectivity index (χ0v) is 21.3. The van der Waals surface area contributed by atoms with E-state index in [0.717, 1.165) is 12.8 Å². The van der Waals surface area contributed by atoms with Gasteiger partial charge in [-0.15, -0.1) is 0 Å². The Balaban J connectivity index is 1.41. The lowest BCUT2D eigenvalue weighted by Crippen LogP contribution is -2.38. The Morgan fingerprint density at radius 3 is 2.52 bits per heavy atom. The van der Waals surface area contributed by atoms with Crippen molar-refractivity contribution in [3.05, 3.63) is 47.7 Å². The third kappa shape index (κ3) is 6.58. The molecule has 216 valence electrons. The molecular formula is C26H30F5N7O2. The van der Waals surface area contributed by atoms with Gasteiger partial charge in [0.1, 0.15) is 5.69 Å². The molecule has 2 N–H and O–H groups in total. The van der Waals surface area contributed by atoms with E-state index in [-0.39, 0.29) is 37.3 Å². The first-order chi connectivity index (χ1) is 20.1. The van der Waals surface area contributed by atoms with Crippen LogP contribution in [0.3, 0.4) is 0 Å². The average Bonchev–Trinajstić information content (AvgIpc) is 3.45. The van der Waals surface area contributed by atoms with Crippen LogP contribution >= 0.6 is 0 Å². The molecule has 14 heteroatoms. The second-order valence-corrected chi connectivity index (χ2v) is 10.5. The minimum atomic E-state index is -4.45. The molecule has 2 aliphatic carbocycles. The molecule has 0 aliphatic heterocycles. The normalized spacial score (nSPS) is 20.8. The van der Waals surface area contributed by atoms with Crippen molar-refractivity contribution in [2.75, 3.05) is 0 Å². The van der Waals surface area contributed by atoms with Gasteiger partial charge in [0.05, 0.1) is 36.6 Å². The Labute approximate surface area is 230 Å². The first-order valence-electron chi connectivity index (χ1n) is 14.5. The molecule has 2 amide bonds. The lowest BCUT2D eigenvalue weighted by Gasteiger charge is -2.33. The van der Waals surface area contributed by atoms with E-state index in [1.54, 1.807) is 6.07 Å². The molecule has 2 atom stereocenters. The highest BCUT2D eigenvalue weighted by atomic mass is 19.4. The van der Waals surface area contributed by atoms with E-state index < -0.39 is 61.7 Å². The fraction of sp³-hybridized carbons (Fsp3) is 0.577. The molecule has 3 heterocycles. The van der Waals surface area contributed by atoms with Gasteiger partial charge in [0.15, 0.2) is 5.65 Å². The molecule has 0 radical (unpaired) electrons. The number of imidazole rings is 1. The van der Waals surface area contributed by atoms with Gasteiger partial charge >= 0.3 is 6.18 Å². The lowest BCUT2D eigenvalue weighted by atomic mass is 9.81. The number of fused-ring (bicyclic) bond motifs is 1. The summed E-state index contributed by atoms with van der Waals surface area (Å²) in [6, 6.07) is 1.46. The van der Waals surface area contributed by atoms with E-state index in [9.17, 15) is 31.5 Å². The van der Waals surface area contributed by atoms with Crippen molar-refractivity contribution in [2.45, 2.75) is 75.5 Å². The zero-order chi connectivity index (χ0) is 31.2. The highest BCUT2D eigenvalue weighted by Crippen LogP contribution is 2.43. The second kappa shape index (κ2) is 10.8. The first kappa shape index (κ1) is 24.2. The van der Waals surface area contributed by atoms with Crippen LogP contribution < -0.4 is 10.6 Å². The van der Waals surface area contributed by atoms with Gasteiger partial charge in [-0.1, -0.05) is 0 Å². The molecule has 2 fully saturated rings. The number of carbonyl (C=O) groups is 2. The summed E-state index contributed by atoms with van der Waals surface area (Å²) in [5.74, 6) is -4.73. The third-order valence-corrected chi connectivity index (χ3v) is 7.48. The first-order valence-corrected chi connectivity index (χ1v) is 13.0. The van der Waals surface area contributed by atoms with Crippen LogP contribution in [0.1, 0.15) is 89.3 Å². The topological polar surface area (TPSA) is 106 Å². The molecule has 3 aromatic rings. The molecule has 40 heavy (non-hydrogen) atoms. The number of alkyl halides is 5. The lowest BCUT2D eigenvalue weighted by molar-refractivity contribution is -0.144. The van der Waals surface area contributed by atoms with E-state index >= 15 is 0 Å². The standard InChI is InChI=1S/C26H30F5N7O2/c1-37-19(7-11-32-37)24(40)36-23(16-4-8-25(27,28)9-5-16)18-14-38-20(34-18)12-17(13-33-38)22(15-2-3-15)35-21(39)6-10-26(29,30)31/h7,11-16,22-23H,2-6,8-10H2,1H3,(H,35,39)(H,36,40)/t22-,23+/m1/s1/i1D3. The summed E-state index contributed by atoms with van der Waals surface area (Å²) < 4.78 is 90.7. The molecule has 2 aliphatic rings. The predicted octanol–water partition coefficient (Wildman–Crippen LogP) is 4.67. The Morgan fingerprint density at radius 2 is 1.85 bits per heavy atom. The minimum Gasteiger partial charge on any atom is -0.349 e. The number of carbonyl (C=O) groups excluding carboxylic acids is 2. The van der Waals surface area contributed by atoms with E-state index in [2.05, 4.69) is 25.8 Å². The minimum absolute atomic E-state index is 0.0348. The van der Waals surface area contributed by atoms with Gasteiger partial charge in [0, 0.05) is 36.5 Å². The van der Waals surface area contributed by atoms with Crippen LogP contribution in [0.25, 0.3) is 5.65 Å². The molecule has 5 rings (SSSR count). The van der Waals surface area contributed by atoms with Crippen LogP contribution in [0.15, 0.2) is 30.7 Å². The second-order valence-electron chi connectivity index (χ2n) is 10.5. The molecule has 2 saturated carbocycles. The monoisotopic (exact) mass is 570 g/mol. The van der Waals surface area contributed by atoms with Crippen LogP contribution in [0, 0.1) is 11.8 Å². The van der Waals surface area contributed by atoms with Crippen molar-refractivity contribution in [3.8, 4) is 0 Å². The largest absolute Gasteiger partial charge is 0.389 e. The molecule has 9 nitrogen and oxygen atoms in total. The van der Waals surface area contributed by atoms with Gasteiger partial charge in [-0.25, -0.2) is 18.3 Å². The number of amides is 2. The Hall–Kier alpha value is -3.58. The van der Waals surface area contributed by atoms with Crippen LogP contribution in [0.2, 0.25) is 0 Å². The number of hydrogen-bond donors (Lipinski definition) is 2. The molecule has 0 saturated heterocycles. The van der Waals surface area contributed by atoms with E-state index in [1.807, 2.05) is 0 Å². The van der Waals surface area contributed by atoms with Crippen molar-refractivity contribution in [3.63, 3.8) is 0 Å². The predicted molar refractivity (Wildman–Crippen MR) is 132 cm³/mol. The Kier molecular flexibility index (Phi) is 6.53. The maximum Gasteiger partial charge on any atom is 0.389 e. The molecule has 3 aromatic heterocycles. The maximum absolute atomic E-state index is 14.0. The fourth-order valence-corrected chi connectivity index (χ4v) is 5.15. The smallest absolute Gasteiger partial charge is 0.349 e. The van der Waals surface area contributed by atoms with E-state index in [1.165, 1.54) is 29.2 Å². The van der Waals surface area contributed by atoms with Crippen LogP contribution in [0.5, 0.6) is 0 Å². The number of nitrogens with one attached hydrogen (secondary N) is 2. The van der Waals surface area contributed by atoms with Crippen molar-refractivity contribution >= 4 is 17.5 Å². The summed E-state index contributed by atoms with van der Waals surface area (Å²) >= 11 is 0. The van der Waals surface area contributed by atoms with Crippen molar-refractivity contribution < 1.29 is 35.7 Å². The van der Waals surface area contributed by atoms with Gasteiger partial charge < -0.3 is 10.6 Å². The molecule has 0 bridgehead atoms. The molecule has 0 unspecified atom stereocenters. The summed E-state index contributed by atoms with van der Waals surface area (Å²) in [5.41, 5.74) is 0.941. The summed E-state index contributed by atoms with van der Waals surface area (Å²) in [5, 5.41) is 13.5. The number of nitrogens with zero attached hydrogens (tertiary/aromatic N) is 5. The highest BCUT2D eigenvalue weighted by Gasteiger charge is 2.40. The van der Waals surface area contributed by atoms with Gasteiger partial charge in [0.2, 0.25) is 11.8 Å². The average molecular weight is 571 g/mol. The van der Waals surface area contributed by atoms with Crippen LogP contribution in [-0.4, -0.2) is 48.3 Å². The summed E-state index contributed by atoms with van der Waals surface area (Å²) in [6.07, 6.45) is -1.24. The zero-order valence-electron chi connectivity index (χ0n) is 24.3. The van der Waals surface area contributed by atoms with E-state index in [4.69, 9.17) is 4.11 Å². The quantitative estimate of drug-likeness (QED) is 0.364. The number of rotatable bonds is 9. The number of aromatic nitrogens is 5. The number of aryl methyl sites for hydroxylation is 1. The fourth-order valence-electron chi connectivity index (χ4n) is 5.15. The van der Waals surface area contributed by atoms with Crippen molar-refractivity contribution in [1.82, 2.24) is 35.0 Å². The Bertz CT molecular complexity index is 1480. The van der Waals surface area contributed by atoms with Crippen molar-refractivity contribution in [1.29, 1.82) is 0 Å². The highest BCUT2D eigenvalue weighted by molar-refractivity contribution is 5.92. The van der Waals surface area contributed by atoms with Crippen molar-refractivity contribution in [2.24, 2.45) is 18.8 Å². The van der Waals surface area contributed by atoms with Gasteiger partial charge in [0.25, 0.3) is 5.91 Å². The summed E-state index contributed by atoms with van der Waals surface area (Å²) in [7, 11) is 0. The van der Waals surface area contributed by atoms with Crippen LogP contribution in [-0.2, 0) is 11.8 Å². The van der Waals surface area contributed by atoms with E-state index in [0.29, 0.717) is 21.6 Å². The van der Waals surface area contributed by atoms with Gasteiger partial charge in [-0.3, -0.25) is 14.3 Å². The molecule has 0 aromatic carbocycles. The summed E-state index contributed by atoms with van der Waals surface area (Å²) in [6.45, 7) is -2.72. The third-order valence-electron chi connectivity index (χ3n) is 7.48. The SMILES string of the molecule is [2H]C([2H])([2H])n1nccc1C(=O)N[C@H](c1cn2ncc([C@H](NC(=O)CCC(F)(F)F)C3CC3)cc2n1)C1CCC(F)(F)CC1. The van der Waals surface area contributed by atoms with Gasteiger partial charge in [-0.05, 0) is 55.2 Å². The number of halogens is 5.